The first-order valence-electron chi connectivity index (χ1n) is 10.1. The molecule has 156 valence electrons. The van der Waals surface area contributed by atoms with Crippen LogP contribution in [0.5, 0.6) is 6.01 Å². The van der Waals surface area contributed by atoms with Crippen molar-refractivity contribution < 1.29 is 14.2 Å². The molecule has 4 N–H and O–H groups in total. The van der Waals surface area contributed by atoms with Crippen molar-refractivity contribution in [2.75, 3.05) is 56.8 Å². The molecule has 3 unspecified atom stereocenters. The summed E-state index contributed by atoms with van der Waals surface area (Å²) in [4.78, 5) is 13.2. The van der Waals surface area contributed by atoms with Gasteiger partial charge in [-0.05, 0) is 31.1 Å². The van der Waals surface area contributed by atoms with Gasteiger partial charge in [-0.15, -0.1) is 0 Å². The summed E-state index contributed by atoms with van der Waals surface area (Å²) in [5.74, 6) is 2.61. The standard InChI is InChI=1S/C19H32N6O3/c1-2-7-28-19-24-17(21-6-9-27-11-10-26-8-5-20)23-18(25-19)22-16-13-14-3-4-15(16)12-14/h2,14-16H,1,3-13,20H2,(H2,21,22,23,24,25). The molecule has 3 rings (SSSR count). The number of nitrogens with one attached hydrogen (secondary N) is 2. The zero-order valence-corrected chi connectivity index (χ0v) is 16.4. The Kier molecular flexibility index (Phi) is 8.25. The van der Waals surface area contributed by atoms with Gasteiger partial charge in [0, 0.05) is 19.1 Å². The summed E-state index contributed by atoms with van der Waals surface area (Å²) in [6.07, 6.45) is 6.84. The van der Waals surface area contributed by atoms with Gasteiger partial charge in [-0.2, -0.15) is 15.0 Å². The molecule has 2 aliphatic rings. The normalized spacial score (nSPS) is 23.0. The van der Waals surface area contributed by atoms with E-state index in [0.717, 1.165) is 11.8 Å². The van der Waals surface area contributed by atoms with Crippen molar-refractivity contribution in [2.45, 2.75) is 31.7 Å². The Morgan fingerprint density at radius 3 is 2.57 bits per heavy atom. The van der Waals surface area contributed by atoms with E-state index in [1.54, 1.807) is 6.08 Å². The van der Waals surface area contributed by atoms with Gasteiger partial charge in [0.15, 0.2) is 0 Å². The van der Waals surface area contributed by atoms with Crippen molar-refractivity contribution >= 4 is 11.9 Å². The molecule has 0 amide bonds. The summed E-state index contributed by atoms with van der Waals surface area (Å²) >= 11 is 0. The fourth-order valence-electron chi connectivity index (χ4n) is 3.93. The smallest absolute Gasteiger partial charge is 0.323 e. The topological polar surface area (TPSA) is 116 Å². The van der Waals surface area contributed by atoms with Gasteiger partial charge in [0.1, 0.15) is 6.61 Å². The second-order valence-corrected chi connectivity index (χ2v) is 7.23. The van der Waals surface area contributed by atoms with Gasteiger partial charge in [-0.1, -0.05) is 19.1 Å². The van der Waals surface area contributed by atoms with Gasteiger partial charge < -0.3 is 30.6 Å². The van der Waals surface area contributed by atoms with Crippen molar-refractivity contribution in [2.24, 2.45) is 17.6 Å². The molecule has 9 heteroatoms. The molecule has 3 atom stereocenters. The summed E-state index contributed by atoms with van der Waals surface area (Å²) in [5.41, 5.74) is 5.36. The highest BCUT2D eigenvalue weighted by molar-refractivity contribution is 5.37. The minimum absolute atomic E-state index is 0.291. The Labute approximate surface area is 166 Å². The number of fused-ring (bicyclic) bond motifs is 2. The predicted octanol–water partition coefficient (Wildman–Crippen LogP) is 1.44. The first-order valence-corrected chi connectivity index (χ1v) is 10.1. The molecular weight excluding hydrogens is 360 g/mol. The Morgan fingerprint density at radius 2 is 1.86 bits per heavy atom. The summed E-state index contributed by atoms with van der Waals surface area (Å²) in [6.45, 7) is 7.27. The van der Waals surface area contributed by atoms with Crippen molar-refractivity contribution in [3.05, 3.63) is 12.7 Å². The Morgan fingerprint density at radius 1 is 1.04 bits per heavy atom. The largest absolute Gasteiger partial charge is 0.459 e. The van der Waals surface area contributed by atoms with E-state index < -0.39 is 0 Å². The highest BCUT2D eigenvalue weighted by Crippen LogP contribution is 2.45. The number of aromatic nitrogens is 3. The first kappa shape index (κ1) is 20.8. The fourth-order valence-corrected chi connectivity index (χ4v) is 3.93. The average molecular weight is 393 g/mol. The lowest BCUT2D eigenvalue weighted by Crippen LogP contribution is -2.27. The minimum Gasteiger partial charge on any atom is -0.459 e. The van der Waals surface area contributed by atoms with Crippen molar-refractivity contribution in [1.82, 2.24) is 15.0 Å². The van der Waals surface area contributed by atoms with Crippen molar-refractivity contribution in [1.29, 1.82) is 0 Å². The molecule has 1 heterocycles. The van der Waals surface area contributed by atoms with E-state index in [9.17, 15) is 0 Å². The van der Waals surface area contributed by atoms with E-state index in [1.165, 1.54) is 25.7 Å². The second-order valence-electron chi connectivity index (χ2n) is 7.23. The second kappa shape index (κ2) is 11.1. The molecular formula is C19H32N6O3. The first-order chi connectivity index (χ1) is 13.8. The van der Waals surface area contributed by atoms with Crippen LogP contribution in [0.2, 0.25) is 0 Å². The predicted molar refractivity (Wildman–Crippen MR) is 108 cm³/mol. The quantitative estimate of drug-likeness (QED) is 0.319. The Bertz CT molecular complexity index is 617. The molecule has 2 bridgehead atoms. The van der Waals surface area contributed by atoms with Crippen LogP contribution in [0.4, 0.5) is 11.9 Å². The SMILES string of the molecule is C=CCOc1nc(NCCOCCOCCN)nc(NC2CC3CCC2C3)n1. The molecule has 9 nitrogen and oxygen atoms in total. The summed E-state index contributed by atoms with van der Waals surface area (Å²) in [6, 6.07) is 0.734. The van der Waals surface area contributed by atoms with E-state index in [1.807, 2.05) is 0 Å². The van der Waals surface area contributed by atoms with Crippen LogP contribution in [-0.2, 0) is 9.47 Å². The lowest BCUT2D eigenvalue weighted by atomic mass is 9.95. The number of anilines is 2. The third-order valence-corrected chi connectivity index (χ3v) is 5.16. The van der Waals surface area contributed by atoms with Crippen LogP contribution in [0.25, 0.3) is 0 Å². The van der Waals surface area contributed by atoms with Gasteiger partial charge in [0.25, 0.3) is 0 Å². The number of nitrogens with zero attached hydrogens (tertiary/aromatic N) is 3. The number of rotatable bonds is 14. The molecule has 0 saturated heterocycles. The highest BCUT2D eigenvalue weighted by Gasteiger charge is 2.39. The van der Waals surface area contributed by atoms with Gasteiger partial charge in [0.05, 0.1) is 26.4 Å². The molecule has 2 saturated carbocycles. The molecule has 2 fully saturated rings. The summed E-state index contributed by atoms with van der Waals surface area (Å²) < 4.78 is 16.3. The van der Waals surface area contributed by atoms with Crippen LogP contribution in [-0.4, -0.2) is 67.1 Å². The maximum absolute atomic E-state index is 5.53. The van der Waals surface area contributed by atoms with Crippen LogP contribution in [0.15, 0.2) is 12.7 Å². The van der Waals surface area contributed by atoms with Crippen LogP contribution in [0.1, 0.15) is 25.7 Å². The van der Waals surface area contributed by atoms with E-state index in [-0.39, 0.29) is 0 Å². The Balaban J connectivity index is 1.48. The van der Waals surface area contributed by atoms with Crippen LogP contribution < -0.4 is 21.1 Å². The monoisotopic (exact) mass is 392 g/mol. The maximum Gasteiger partial charge on any atom is 0.323 e. The summed E-state index contributed by atoms with van der Waals surface area (Å²) in [5, 5.41) is 6.66. The van der Waals surface area contributed by atoms with E-state index >= 15 is 0 Å². The molecule has 0 aromatic carbocycles. The summed E-state index contributed by atoms with van der Waals surface area (Å²) in [7, 11) is 0. The third-order valence-electron chi connectivity index (χ3n) is 5.16. The molecule has 0 radical (unpaired) electrons. The lowest BCUT2D eigenvalue weighted by molar-refractivity contribution is 0.0547. The Hall–Kier alpha value is -1.97. The third kappa shape index (κ3) is 6.29. The van der Waals surface area contributed by atoms with E-state index in [4.69, 9.17) is 19.9 Å². The zero-order valence-electron chi connectivity index (χ0n) is 16.4. The highest BCUT2D eigenvalue weighted by atomic mass is 16.5. The molecule has 1 aromatic heterocycles. The lowest BCUT2D eigenvalue weighted by Gasteiger charge is -2.23. The van der Waals surface area contributed by atoms with Crippen LogP contribution in [0, 0.1) is 11.8 Å². The number of nitrogens with two attached hydrogens (primary N) is 1. The molecule has 28 heavy (non-hydrogen) atoms. The number of ether oxygens (including phenoxy) is 3. The van der Waals surface area contributed by atoms with E-state index in [0.29, 0.717) is 70.1 Å². The molecule has 1 aromatic rings. The van der Waals surface area contributed by atoms with Gasteiger partial charge >= 0.3 is 6.01 Å². The molecule has 0 spiro atoms. The zero-order chi connectivity index (χ0) is 19.6. The van der Waals surface area contributed by atoms with Gasteiger partial charge in [-0.25, -0.2) is 0 Å². The van der Waals surface area contributed by atoms with Crippen molar-refractivity contribution in [3.8, 4) is 6.01 Å². The number of hydrogen-bond acceptors (Lipinski definition) is 9. The van der Waals surface area contributed by atoms with Crippen molar-refractivity contribution in [3.63, 3.8) is 0 Å². The van der Waals surface area contributed by atoms with Crippen LogP contribution in [0.3, 0.4) is 0 Å². The van der Waals surface area contributed by atoms with Crippen LogP contribution >= 0.6 is 0 Å². The minimum atomic E-state index is 0.291. The molecule has 2 aliphatic carbocycles. The average Bonchev–Trinajstić information content (AvgIpc) is 3.31. The number of hydrogen-bond donors (Lipinski definition) is 3. The fraction of sp³-hybridized carbons (Fsp3) is 0.737. The van der Waals surface area contributed by atoms with E-state index in [2.05, 4.69) is 32.2 Å². The van der Waals surface area contributed by atoms with Gasteiger partial charge in [-0.3, -0.25) is 0 Å². The van der Waals surface area contributed by atoms with Gasteiger partial charge in [0.2, 0.25) is 11.9 Å². The maximum atomic E-state index is 5.53. The molecule has 0 aliphatic heterocycles.